The lowest BCUT2D eigenvalue weighted by Crippen LogP contribution is -2.42. The van der Waals surface area contributed by atoms with E-state index in [9.17, 15) is 14.4 Å². The Morgan fingerprint density at radius 1 is 1.00 bits per heavy atom. The highest BCUT2D eigenvalue weighted by atomic mass is 16.5. The predicted octanol–water partition coefficient (Wildman–Crippen LogP) is 3.98. The maximum atomic E-state index is 13.5. The fraction of sp³-hybridized carbons (Fsp3) is 0.353. The zero-order valence-corrected chi connectivity index (χ0v) is 25.4. The van der Waals surface area contributed by atoms with Crippen molar-refractivity contribution in [2.45, 2.75) is 38.1 Å². The van der Waals surface area contributed by atoms with Crippen LogP contribution >= 0.6 is 0 Å². The molecule has 2 N–H and O–H groups in total. The van der Waals surface area contributed by atoms with Crippen LogP contribution in [0.15, 0.2) is 59.1 Å². The molecule has 0 spiro atoms. The molecule has 0 radical (unpaired) electrons. The van der Waals surface area contributed by atoms with Gasteiger partial charge in [-0.25, -0.2) is 0 Å². The Balaban J connectivity index is 1.28. The number of methoxy groups -OCH3 is 2. The monoisotopic (exact) mass is 612 g/mol. The number of aromatic nitrogens is 1. The lowest BCUT2D eigenvalue weighted by molar-refractivity contribution is -0.132. The second kappa shape index (κ2) is 13.3. The molecule has 3 amide bonds. The van der Waals surface area contributed by atoms with Gasteiger partial charge in [-0.15, -0.1) is 0 Å². The van der Waals surface area contributed by atoms with Crippen molar-refractivity contribution in [3.05, 3.63) is 71.4 Å². The first-order valence-corrected chi connectivity index (χ1v) is 15.1. The topological polar surface area (TPSA) is 132 Å². The molecule has 3 aromatic carbocycles. The number of rotatable bonds is 4. The molecule has 1 aromatic heterocycles. The maximum absolute atomic E-state index is 13.5. The number of carbonyl (C=O) groups excluding carboxylic acids is 3. The van der Waals surface area contributed by atoms with Crippen molar-refractivity contribution >= 4 is 28.7 Å². The summed E-state index contributed by atoms with van der Waals surface area (Å²) in [4.78, 5) is 41.2. The molecule has 1 atom stereocenters. The number of amides is 3. The van der Waals surface area contributed by atoms with Crippen molar-refractivity contribution < 1.29 is 33.1 Å². The van der Waals surface area contributed by atoms with Gasteiger partial charge >= 0.3 is 0 Å². The van der Waals surface area contributed by atoms with E-state index in [1.54, 1.807) is 25.2 Å². The molecule has 4 bridgehead atoms. The standard InChI is InChI=1S/C34H36N4O7/c1-42-30-18-21-7-10-31(39)35-13-15-38(33(41)20-27-23-5-3-4-6-29(23)45-37-27)14-11-32(40)36-26-12-16-44-28-9-8-22(19-25(26)28)24(17-21)34(30)43-2/h3-6,8-9,17-19,26H,7,10-16,20H2,1-2H3,(H,35,39)(H,36,40). The van der Waals surface area contributed by atoms with Crippen LogP contribution in [0.2, 0.25) is 0 Å². The van der Waals surface area contributed by atoms with Crippen molar-refractivity contribution in [2.24, 2.45) is 0 Å². The van der Waals surface area contributed by atoms with Gasteiger partial charge in [0.2, 0.25) is 17.7 Å². The third-order valence-electron chi connectivity index (χ3n) is 8.31. The number of carbonyl (C=O) groups is 3. The van der Waals surface area contributed by atoms with E-state index in [1.807, 2.05) is 48.5 Å². The molecule has 0 aliphatic carbocycles. The van der Waals surface area contributed by atoms with E-state index >= 15 is 0 Å². The summed E-state index contributed by atoms with van der Waals surface area (Å²) in [7, 11) is 3.18. The first-order valence-electron chi connectivity index (χ1n) is 15.1. The number of nitrogens with zero attached hydrogens (tertiary/aromatic N) is 2. The zero-order chi connectivity index (χ0) is 31.3. The van der Waals surface area contributed by atoms with E-state index in [2.05, 4.69) is 15.8 Å². The molecule has 0 saturated heterocycles. The molecular formula is C34H36N4O7. The zero-order valence-electron chi connectivity index (χ0n) is 25.4. The van der Waals surface area contributed by atoms with Crippen LogP contribution in [0.25, 0.3) is 22.1 Å². The van der Waals surface area contributed by atoms with Gasteiger partial charge in [-0.1, -0.05) is 23.4 Å². The summed E-state index contributed by atoms with van der Waals surface area (Å²) in [6.45, 7) is 1.16. The molecular weight excluding hydrogens is 576 g/mol. The van der Waals surface area contributed by atoms with E-state index in [0.717, 1.165) is 27.6 Å². The third-order valence-corrected chi connectivity index (χ3v) is 8.31. The number of nitrogens with one attached hydrogen (secondary N) is 2. The van der Waals surface area contributed by atoms with Gasteiger partial charge in [0.05, 0.1) is 33.3 Å². The molecule has 45 heavy (non-hydrogen) atoms. The average molecular weight is 613 g/mol. The van der Waals surface area contributed by atoms with E-state index in [1.165, 1.54) is 0 Å². The average Bonchev–Trinajstić information content (AvgIpc) is 3.46. The summed E-state index contributed by atoms with van der Waals surface area (Å²) >= 11 is 0. The minimum absolute atomic E-state index is 0.0182. The van der Waals surface area contributed by atoms with Crippen molar-refractivity contribution in [3.63, 3.8) is 0 Å². The smallest absolute Gasteiger partial charge is 0.228 e. The molecule has 11 nitrogen and oxygen atoms in total. The van der Waals surface area contributed by atoms with Crippen LogP contribution in [-0.4, -0.2) is 68.2 Å². The molecule has 0 saturated carbocycles. The summed E-state index contributed by atoms with van der Waals surface area (Å²) in [6.07, 6.45) is 1.45. The lowest BCUT2D eigenvalue weighted by Gasteiger charge is -2.28. The number of fused-ring (bicyclic) bond motifs is 5. The third kappa shape index (κ3) is 6.57. The van der Waals surface area contributed by atoms with Crippen LogP contribution in [-0.2, 0) is 27.2 Å². The number of ether oxygens (including phenoxy) is 3. The van der Waals surface area contributed by atoms with Crippen LogP contribution in [0.5, 0.6) is 17.2 Å². The molecule has 11 heteroatoms. The number of para-hydroxylation sites is 1. The van der Waals surface area contributed by atoms with Gasteiger partial charge in [-0.2, -0.15) is 0 Å². The highest BCUT2D eigenvalue weighted by Crippen LogP contribution is 2.42. The lowest BCUT2D eigenvalue weighted by atomic mass is 9.93. The molecule has 234 valence electrons. The predicted molar refractivity (Wildman–Crippen MR) is 166 cm³/mol. The molecule has 3 heterocycles. The normalized spacial score (nSPS) is 17.4. The highest BCUT2D eigenvalue weighted by Gasteiger charge is 2.26. The van der Waals surface area contributed by atoms with Crippen LogP contribution in [0.3, 0.4) is 0 Å². The second-order valence-electron chi connectivity index (χ2n) is 11.2. The van der Waals surface area contributed by atoms with E-state index in [-0.39, 0.29) is 62.7 Å². The molecule has 1 unspecified atom stereocenters. The first kappa shape index (κ1) is 30.0. The Morgan fingerprint density at radius 2 is 1.87 bits per heavy atom. The van der Waals surface area contributed by atoms with Gasteiger partial charge in [-0.05, 0) is 53.9 Å². The van der Waals surface area contributed by atoms with Crippen LogP contribution in [0.1, 0.15) is 42.1 Å². The Labute approximate surface area is 260 Å². The fourth-order valence-corrected chi connectivity index (χ4v) is 5.95. The van der Waals surface area contributed by atoms with Crippen LogP contribution in [0.4, 0.5) is 0 Å². The van der Waals surface area contributed by atoms with Crippen molar-refractivity contribution in [2.75, 3.05) is 40.5 Å². The Kier molecular flexibility index (Phi) is 8.86. The number of hydrogen-bond donors (Lipinski definition) is 2. The minimum atomic E-state index is -0.263. The van der Waals surface area contributed by atoms with Crippen LogP contribution in [0, 0.1) is 0 Å². The number of aryl methyl sites for hydroxylation is 1. The van der Waals surface area contributed by atoms with Crippen molar-refractivity contribution in [1.29, 1.82) is 0 Å². The largest absolute Gasteiger partial charge is 0.493 e. The van der Waals surface area contributed by atoms with Gasteiger partial charge < -0.3 is 34.3 Å². The van der Waals surface area contributed by atoms with Gasteiger partial charge in [0, 0.05) is 55.4 Å². The summed E-state index contributed by atoms with van der Waals surface area (Å²) in [5.74, 6) is 1.32. The number of benzene rings is 3. The molecule has 4 aromatic rings. The van der Waals surface area contributed by atoms with E-state index in [4.69, 9.17) is 18.7 Å². The quantitative estimate of drug-likeness (QED) is 0.354. The van der Waals surface area contributed by atoms with Crippen molar-refractivity contribution in [3.8, 4) is 28.4 Å². The fourth-order valence-electron chi connectivity index (χ4n) is 5.95. The second-order valence-corrected chi connectivity index (χ2v) is 11.2. The maximum Gasteiger partial charge on any atom is 0.228 e. The molecule has 2 aliphatic heterocycles. The summed E-state index contributed by atoms with van der Waals surface area (Å²) < 4.78 is 22.7. The molecule has 6 rings (SSSR count). The summed E-state index contributed by atoms with van der Waals surface area (Å²) in [6, 6.07) is 16.9. The van der Waals surface area contributed by atoms with E-state index < -0.39 is 0 Å². The van der Waals surface area contributed by atoms with Gasteiger partial charge in [-0.3, -0.25) is 14.4 Å². The molecule has 2 aliphatic rings. The Morgan fingerprint density at radius 3 is 2.71 bits per heavy atom. The molecule has 0 fully saturated rings. The van der Waals surface area contributed by atoms with Gasteiger partial charge in [0.25, 0.3) is 0 Å². The highest BCUT2D eigenvalue weighted by molar-refractivity contribution is 5.87. The van der Waals surface area contributed by atoms with Crippen LogP contribution < -0.4 is 24.8 Å². The summed E-state index contributed by atoms with van der Waals surface area (Å²) in [5, 5.41) is 11.0. The van der Waals surface area contributed by atoms with Gasteiger partial charge in [0.15, 0.2) is 17.1 Å². The van der Waals surface area contributed by atoms with Gasteiger partial charge in [0.1, 0.15) is 11.4 Å². The van der Waals surface area contributed by atoms with Crippen molar-refractivity contribution in [1.82, 2.24) is 20.7 Å². The summed E-state index contributed by atoms with van der Waals surface area (Å²) in [5.41, 5.74) is 4.61. The number of hydrogen-bond acceptors (Lipinski definition) is 8. The van der Waals surface area contributed by atoms with E-state index in [0.29, 0.717) is 48.0 Å². The Bertz CT molecular complexity index is 1730. The SMILES string of the molecule is COc1cc2cc(c1OC)-c1ccc3c(c1)C(CCO3)NC(=O)CCN(C(=O)Cc1noc3ccccc13)CCNC(=O)CC2. The first-order chi connectivity index (χ1) is 21.9. The Hall–Kier alpha value is -5.06. The minimum Gasteiger partial charge on any atom is -0.493 e.